The topological polar surface area (TPSA) is 67.4 Å². The maximum absolute atomic E-state index is 12.1. The molecule has 27 heavy (non-hydrogen) atoms. The summed E-state index contributed by atoms with van der Waals surface area (Å²) < 4.78 is 40.8. The Morgan fingerprint density at radius 2 is 1.78 bits per heavy atom. The second-order valence-corrected chi connectivity index (χ2v) is 6.05. The Balaban J connectivity index is 1.85. The molecule has 2 amide bonds. The van der Waals surface area contributed by atoms with Gasteiger partial charge in [-0.3, -0.25) is 9.59 Å². The van der Waals surface area contributed by atoms with E-state index in [1.807, 2.05) is 6.92 Å². The highest BCUT2D eigenvalue weighted by molar-refractivity contribution is 6.33. The molecular weight excluding hydrogens is 385 g/mol. The number of hydrogen-bond donors (Lipinski definition) is 2. The first-order valence-electron chi connectivity index (χ1n) is 7.78. The molecule has 0 radical (unpaired) electrons. The van der Waals surface area contributed by atoms with Gasteiger partial charge in [-0.25, -0.2) is 0 Å². The zero-order chi connectivity index (χ0) is 20.0. The maximum atomic E-state index is 12.1. The molecule has 144 valence electrons. The third-order valence-electron chi connectivity index (χ3n) is 3.33. The Bertz CT molecular complexity index is 824. The molecule has 0 saturated carbocycles. The molecule has 2 aromatic rings. The molecule has 0 aliphatic rings. The Morgan fingerprint density at radius 1 is 1.11 bits per heavy atom. The van der Waals surface area contributed by atoms with E-state index in [0.29, 0.717) is 10.7 Å². The van der Waals surface area contributed by atoms with Crippen LogP contribution in [0.4, 0.5) is 18.9 Å². The van der Waals surface area contributed by atoms with Crippen molar-refractivity contribution >= 4 is 29.1 Å². The van der Waals surface area contributed by atoms with Crippen LogP contribution in [-0.4, -0.2) is 31.1 Å². The largest absolute Gasteiger partial charge is 0.484 e. The minimum atomic E-state index is -4.44. The highest BCUT2D eigenvalue weighted by Crippen LogP contribution is 2.22. The first-order chi connectivity index (χ1) is 12.6. The van der Waals surface area contributed by atoms with Crippen LogP contribution in [0.2, 0.25) is 5.02 Å². The zero-order valence-electron chi connectivity index (χ0n) is 14.2. The van der Waals surface area contributed by atoms with E-state index < -0.39 is 24.6 Å². The summed E-state index contributed by atoms with van der Waals surface area (Å²) in [7, 11) is 0. The lowest BCUT2D eigenvalue weighted by molar-refractivity contribution is -0.153. The molecule has 0 aromatic heterocycles. The van der Waals surface area contributed by atoms with Crippen molar-refractivity contribution in [3.8, 4) is 5.75 Å². The van der Waals surface area contributed by atoms with Crippen molar-refractivity contribution in [1.82, 2.24) is 5.32 Å². The fourth-order valence-electron chi connectivity index (χ4n) is 2.05. The summed E-state index contributed by atoms with van der Waals surface area (Å²) in [6, 6.07) is 10.2. The smallest absolute Gasteiger partial charge is 0.422 e. The van der Waals surface area contributed by atoms with E-state index in [-0.39, 0.29) is 17.9 Å². The predicted octanol–water partition coefficient (Wildman–Crippen LogP) is 3.96. The first-order valence-corrected chi connectivity index (χ1v) is 8.16. The molecule has 5 nitrogen and oxygen atoms in total. The van der Waals surface area contributed by atoms with Crippen molar-refractivity contribution in [3.05, 3.63) is 58.6 Å². The van der Waals surface area contributed by atoms with Crippen LogP contribution >= 0.6 is 11.6 Å². The van der Waals surface area contributed by atoms with Crippen molar-refractivity contribution in [2.45, 2.75) is 13.1 Å². The van der Waals surface area contributed by atoms with Crippen LogP contribution in [0.1, 0.15) is 15.9 Å². The third-order valence-corrected chi connectivity index (χ3v) is 3.64. The average molecular weight is 401 g/mol. The van der Waals surface area contributed by atoms with Crippen molar-refractivity contribution in [1.29, 1.82) is 0 Å². The summed E-state index contributed by atoms with van der Waals surface area (Å²) in [5.74, 6) is -1.04. The quantitative estimate of drug-likeness (QED) is 0.771. The number of hydrogen-bond acceptors (Lipinski definition) is 3. The summed E-state index contributed by atoms with van der Waals surface area (Å²) in [4.78, 5) is 23.9. The van der Waals surface area contributed by atoms with Crippen molar-refractivity contribution in [2.75, 3.05) is 18.5 Å². The van der Waals surface area contributed by atoms with Crippen LogP contribution in [0.25, 0.3) is 0 Å². The van der Waals surface area contributed by atoms with Gasteiger partial charge in [0, 0.05) is 5.56 Å². The lowest BCUT2D eigenvalue weighted by Gasteiger charge is -2.10. The number of amides is 2. The number of carbonyl (C=O) groups excluding carboxylic acids is 2. The van der Waals surface area contributed by atoms with Gasteiger partial charge >= 0.3 is 6.18 Å². The van der Waals surface area contributed by atoms with Crippen LogP contribution in [0.3, 0.4) is 0 Å². The molecule has 0 saturated heterocycles. The van der Waals surface area contributed by atoms with Crippen molar-refractivity contribution in [2.24, 2.45) is 0 Å². The molecule has 0 aliphatic heterocycles. The van der Waals surface area contributed by atoms with Gasteiger partial charge < -0.3 is 15.4 Å². The van der Waals surface area contributed by atoms with Gasteiger partial charge in [0.1, 0.15) is 5.75 Å². The van der Waals surface area contributed by atoms with Crippen LogP contribution in [0.15, 0.2) is 42.5 Å². The lowest BCUT2D eigenvalue weighted by atomic mass is 10.2. The highest BCUT2D eigenvalue weighted by Gasteiger charge is 2.28. The minimum Gasteiger partial charge on any atom is -0.484 e. The Morgan fingerprint density at radius 3 is 2.37 bits per heavy atom. The van der Waals surface area contributed by atoms with Gasteiger partial charge in [-0.1, -0.05) is 17.7 Å². The normalized spacial score (nSPS) is 11.0. The molecule has 9 heteroatoms. The van der Waals surface area contributed by atoms with Crippen LogP contribution < -0.4 is 15.4 Å². The number of benzene rings is 2. The van der Waals surface area contributed by atoms with Gasteiger partial charge in [-0.2, -0.15) is 13.2 Å². The summed E-state index contributed by atoms with van der Waals surface area (Å²) in [6.45, 7) is 0.146. The summed E-state index contributed by atoms with van der Waals surface area (Å²) in [5.41, 5.74) is 1.54. The van der Waals surface area contributed by atoms with E-state index >= 15 is 0 Å². The number of alkyl halides is 3. The van der Waals surface area contributed by atoms with E-state index in [4.69, 9.17) is 11.6 Å². The number of rotatable bonds is 6. The van der Waals surface area contributed by atoms with E-state index in [0.717, 1.165) is 5.56 Å². The maximum Gasteiger partial charge on any atom is 0.422 e. The molecule has 2 aromatic carbocycles. The molecule has 2 rings (SSSR count). The fourth-order valence-corrected chi connectivity index (χ4v) is 2.33. The van der Waals surface area contributed by atoms with Crippen LogP contribution in [0, 0.1) is 6.92 Å². The minimum absolute atomic E-state index is 0.0179. The van der Waals surface area contributed by atoms with E-state index in [9.17, 15) is 22.8 Å². The second kappa shape index (κ2) is 8.77. The standard InChI is InChI=1S/C18H16ClF3N2O3/c1-11-2-7-15(14(19)8-11)24-16(25)9-23-17(26)12-3-5-13(6-4-12)27-10-18(20,21)22/h2-8H,9-10H2,1H3,(H,23,26)(H,24,25). The molecule has 0 spiro atoms. The number of anilines is 1. The number of halogens is 4. The number of aryl methyl sites for hydroxylation is 1. The van der Waals surface area contributed by atoms with E-state index in [1.165, 1.54) is 24.3 Å². The fraction of sp³-hybridized carbons (Fsp3) is 0.222. The van der Waals surface area contributed by atoms with Gasteiger partial charge in [0.15, 0.2) is 6.61 Å². The summed E-state index contributed by atoms with van der Waals surface area (Å²) >= 11 is 6.02. The predicted molar refractivity (Wildman–Crippen MR) is 95.1 cm³/mol. The first kappa shape index (κ1) is 20.6. The molecule has 0 aliphatic carbocycles. The zero-order valence-corrected chi connectivity index (χ0v) is 14.9. The highest BCUT2D eigenvalue weighted by atomic mass is 35.5. The lowest BCUT2D eigenvalue weighted by Crippen LogP contribution is -2.32. The monoisotopic (exact) mass is 400 g/mol. The van der Waals surface area contributed by atoms with E-state index in [1.54, 1.807) is 18.2 Å². The SMILES string of the molecule is Cc1ccc(NC(=O)CNC(=O)c2ccc(OCC(F)(F)F)cc2)c(Cl)c1. The van der Waals surface area contributed by atoms with Crippen molar-refractivity contribution < 1.29 is 27.5 Å². The second-order valence-electron chi connectivity index (χ2n) is 5.64. The average Bonchev–Trinajstić information content (AvgIpc) is 2.60. The number of carbonyl (C=O) groups is 2. The third kappa shape index (κ3) is 6.82. The van der Waals surface area contributed by atoms with Crippen molar-refractivity contribution in [3.63, 3.8) is 0 Å². The van der Waals surface area contributed by atoms with Gasteiger partial charge in [0.25, 0.3) is 5.91 Å². The molecular formula is C18H16ClF3N2O3. The van der Waals surface area contributed by atoms with Crippen LogP contribution in [0.5, 0.6) is 5.75 Å². The number of ether oxygens (including phenoxy) is 1. The van der Waals surface area contributed by atoms with Crippen LogP contribution in [-0.2, 0) is 4.79 Å². The van der Waals surface area contributed by atoms with Gasteiger partial charge in [-0.15, -0.1) is 0 Å². The molecule has 0 heterocycles. The van der Waals surface area contributed by atoms with Gasteiger partial charge in [0.05, 0.1) is 17.3 Å². The summed E-state index contributed by atoms with van der Waals surface area (Å²) in [5, 5.41) is 5.36. The molecule has 0 unspecified atom stereocenters. The van der Waals surface area contributed by atoms with Gasteiger partial charge in [-0.05, 0) is 48.9 Å². The van der Waals surface area contributed by atoms with Gasteiger partial charge in [0.2, 0.25) is 5.91 Å². The number of nitrogens with one attached hydrogen (secondary N) is 2. The Hall–Kier alpha value is -2.74. The molecule has 0 atom stereocenters. The Kier molecular flexibility index (Phi) is 6.68. The molecule has 0 fully saturated rings. The molecule has 0 bridgehead atoms. The molecule has 2 N–H and O–H groups in total. The summed E-state index contributed by atoms with van der Waals surface area (Å²) in [6.07, 6.45) is -4.44. The Labute approximate surface area is 158 Å². The van der Waals surface area contributed by atoms with E-state index in [2.05, 4.69) is 15.4 Å².